The number of nitrogens with zero attached hydrogens (tertiary/aromatic N) is 2. The summed E-state index contributed by atoms with van der Waals surface area (Å²) in [5.74, 6) is -0.182. The van der Waals surface area contributed by atoms with E-state index in [0.717, 1.165) is 35.3 Å². The maximum Gasteiger partial charge on any atom is 0.134 e. The molecule has 1 aliphatic carbocycles. The Hall–Kier alpha value is -2.37. The molecule has 0 saturated heterocycles. The van der Waals surface area contributed by atoms with Crippen LogP contribution in [0.4, 0.5) is 4.39 Å². The average Bonchev–Trinajstić information content (AvgIpc) is 3.05. The van der Waals surface area contributed by atoms with Gasteiger partial charge in [-0.2, -0.15) is 5.10 Å². The van der Waals surface area contributed by atoms with Crippen LogP contribution < -0.4 is 5.32 Å². The second kappa shape index (κ2) is 7.22. The summed E-state index contributed by atoms with van der Waals surface area (Å²) in [5, 5.41) is 18.1. The molecule has 1 atom stereocenters. The fourth-order valence-corrected chi connectivity index (χ4v) is 4.16. The lowest BCUT2D eigenvalue weighted by Crippen LogP contribution is -2.33. The molecule has 0 aliphatic heterocycles. The lowest BCUT2D eigenvalue weighted by Gasteiger charge is -2.36. The first-order chi connectivity index (χ1) is 13.3. The van der Waals surface area contributed by atoms with Gasteiger partial charge in [-0.1, -0.05) is 37.6 Å². The maximum atomic E-state index is 13.7. The van der Waals surface area contributed by atoms with E-state index in [1.165, 1.54) is 12.1 Å². The van der Waals surface area contributed by atoms with Crippen molar-refractivity contribution < 1.29 is 9.50 Å². The highest BCUT2D eigenvalue weighted by Crippen LogP contribution is 2.41. The predicted octanol–water partition coefficient (Wildman–Crippen LogP) is 5.17. The second-order valence-electron chi connectivity index (χ2n) is 8.20. The Morgan fingerprint density at radius 3 is 2.86 bits per heavy atom. The quantitative estimate of drug-likeness (QED) is 0.636. The number of nitrogens with one attached hydrogen (secondary N) is 1. The highest BCUT2D eigenvalue weighted by Gasteiger charge is 2.35. The van der Waals surface area contributed by atoms with Crippen LogP contribution in [0.25, 0.3) is 5.69 Å². The second-order valence-corrected chi connectivity index (χ2v) is 8.61. The van der Waals surface area contributed by atoms with Gasteiger partial charge in [-0.3, -0.25) is 0 Å². The van der Waals surface area contributed by atoms with Crippen molar-refractivity contribution in [2.24, 2.45) is 5.41 Å². The minimum Gasteiger partial charge on any atom is -0.506 e. The molecule has 146 valence electrons. The molecule has 4 rings (SSSR count). The van der Waals surface area contributed by atoms with Gasteiger partial charge >= 0.3 is 0 Å². The molecule has 0 spiro atoms. The number of aromatic hydroxyl groups is 1. The molecule has 0 radical (unpaired) electrons. The van der Waals surface area contributed by atoms with Crippen molar-refractivity contribution in [3.05, 3.63) is 76.3 Å². The zero-order valence-corrected chi connectivity index (χ0v) is 16.7. The highest BCUT2D eigenvalue weighted by molar-refractivity contribution is 6.32. The first-order valence-corrected chi connectivity index (χ1v) is 9.74. The molecular weight excluding hydrogens is 377 g/mol. The lowest BCUT2D eigenvalue weighted by atomic mass is 9.74. The van der Waals surface area contributed by atoms with Crippen molar-refractivity contribution in [3.8, 4) is 11.4 Å². The Kier molecular flexibility index (Phi) is 4.89. The van der Waals surface area contributed by atoms with Crippen LogP contribution in [-0.2, 0) is 13.0 Å². The first-order valence-electron chi connectivity index (χ1n) is 9.36. The number of phenolic OH excluding ortho intramolecular Hbond substituents is 1. The molecule has 0 bridgehead atoms. The number of aromatic nitrogens is 2. The van der Waals surface area contributed by atoms with Gasteiger partial charge in [0.2, 0.25) is 0 Å². The van der Waals surface area contributed by atoms with Crippen molar-refractivity contribution in [1.29, 1.82) is 0 Å². The van der Waals surface area contributed by atoms with Gasteiger partial charge in [-0.15, -0.1) is 0 Å². The molecule has 0 amide bonds. The highest BCUT2D eigenvalue weighted by atomic mass is 35.5. The van der Waals surface area contributed by atoms with E-state index < -0.39 is 0 Å². The molecule has 3 aromatic rings. The molecule has 6 heteroatoms. The molecule has 2 N–H and O–H groups in total. The zero-order valence-electron chi connectivity index (χ0n) is 15.9. The van der Waals surface area contributed by atoms with Gasteiger partial charge < -0.3 is 10.4 Å². The topological polar surface area (TPSA) is 50.1 Å². The predicted molar refractivity (Wildman–Crippen MR) is 108 cm³/mol. The molecule has 0 unspecified atom stereocenters. The average molecular weight is 400 g/mol. The number of halogens is 2. The third-order valence-corrected chi connectivity index (χ3v) is 5.60. The summed E-state index contributed by atoms with van der Waals surface area (Å²) in [7, 11) is 0. The summed E-state index contributed by atoms with van der Waals surface area (Å²) in [6.45, 7) is 5.11. The van der Waals surface area contributed by atoms with E-state index in [4.69, 9.17) is 11.6 Å². The molecule has 2 aromatic carbocycles. The van der Waals surface area contributed by atoms with Crippen LogP contribution in [0, 0.1) is 11.2 Å². The number of hydrogen-bond acceptors (Lipinski definition) is 3. The van der Waals surface area contributed by atoms with Crippen LogP contribution in [0.2, 0.25) is 5.02 Å². The van der Waals surface area contributed by atoms with Crippen LogP contribution in [-0.4, -0.2) is 14.9 Å². The minimum atomic E-state index is -0.268. The molecule has 28 heavy (non-hydrogen) atoms. The molecule has 0 saturated carbocycles. The first kappa shape index (κ1) is 19.0. The van der Waals surface area contributed by atoms with Crippen molar-refractivity contribution in [3.63, 3.8) is 0 Å². The van der Waals surface area contributed by atoms with Crippen molar-refractivity contribution >= 4 is 11.6 Å². The normalized spacial score (nSPS) is 18.1. The van der Waals surface area contributed by atoms with Gasteiger partial charge in [0.15, 0.2) is 0 Å². The fraction of sp³-hybridized carbons (Fsp3) is 0.318. The molecule has 1 heterocycles. The van der Waals surface area contributed by atoms with Gasteiger partial charge in [0, 0.05) is 23.8 Å². The van der Waals surface area contributed by atoms with Gasteiger partial charge in [0.1, 0.15) is 11.6 Å². The van der Waals surface area contributed by atoms with Gasteiger partial charge in [0.25, 0.3) is 0 Å². The van der Waals surface area contributed by atoms with Crippen LogP contribution in [0.3, 0.4) is 0 Å². The van der Waals surface area contributed by atoms with Gasteiger partial charge in [-0.25, -0.2) is 9.07 Å². The Bertz CT molecular complexity index is 1010. The van der Waals surface area contributed by atoms with Crippen LogP contribution >= 0.6 is 11.6 Å². The largest absolute Gasteiger partial charge is 0.506 e. The maximum absolute atomic E-state index is 13.7. The van der Waals surface area contributed by atoms with E-state index in [0.29, 0.717) is 11.6 Å². The van der Waals surface area contributed by atoms with Crippen LogP contribution in [0.5, 0.6) is 5.75 Å². The summed E-state index contributed by atoms with van der Waals surface area (Å²) in [6, 6.07) is 11.9. The Morgan fingerprint density at radius 2 is 2.11 bits per heavy atom. The van der Waals surface area contributed by atoms with Crippen molar-refractivity contribution in [2.45, 2.75) is 39.3 Å². The van der Waals surface area contributed by atoms with Crippen molar-refractivity contribution in [2.75, 3.05) is 0 Å². The van der Waals surface area contributed by atoms with Crippen LogP contribution in [0.1, 0.15) is 43.1 Å². The number of hydrogen-bond donors (Lipinski definition) is 2. The zero-order chi connectivity index (χ0) is 19.9. The number of rotatable bonds is 4. The lowest BCUT2D eigenvalue weighted by molar-refractivity contribution is 0.253. The molecular formula is C22H23ClFN3O. The standard InChI is InChI=1S/C22H23ClFN3O/c1-22(2)10-19(25-12-14-6-7-21(28)18(23)8-14)17-13-26-27(20(17)11-22)16-5-3-4-15(24)9-16/h3-9,13,19,25,28H,10-12H2,1-2H3/t19-/m0/s1. The summed E-state index contributed by atoms with van der Waals surface area (Å²) < 4.78 is 15.6. The van der Waals surface area contributed by atoms with E-state index in [2.05, 4.69) is 24.3 Å². The van der Waals surface area contributed by atoms with Gasteiger partial charge in [0.05, 0.1) is 16.9 Å². The van der Waals surface area contributed by atoms with Crippen LogP contribution in [0.15, 0.2) is 48.7 Å². The number of fused-ring (bicyclic) bond motifs is 1. The minimum absolute atomic E-state index is 0.0857. The van der Waals surface area contributed by atoms with E-state index in [-0.39, 0.29) is 23.0 Å². The van der Waals surface area contributed by atoms with Gasteiger partial charge in [-0.05, 0) is 54.2 Å². The summed E-state index contributed by atoms with van der Waals surface area (Å²) in [6.07, 6.45) is 3.74. The molecule has 1 aliphatic rings. The smallest absolute Gasteiger partial charge is 0.134 e. The Balaban J connectivity index is 1.63. The van der Waals surface area contributed by atoms with E-state index in [9.17, 15) is 9.50 Å². The Labute approximate surface area is 169 Å². The molecule has 1 aromatic heterocycles. The number of phenols is 1. The van der Waals surface area contributed by atoms with Crippen molar-refractivity contribution in [1.82, 2.24) is 15.1 Å². The SMILES string of the molecule is CC1(C)Cc2c(cnn2-c2cccc(F)c2)[C@@H](NCc2ccc(O)c(Cl)c2)C1. The van der Waals surface area contributed by atoms with E-state index >= 15 is 0 Å². The third kappa shape index (κ3) is 3.77. The number of benzene rings is 2. The molecule has 4 nitrogen and oxygen atoms in total. The summed E-state index contributed by atoms with van der Waals surface area (Å²) >= 11 is 6.02. The monoisotopic (exact) mass is 399 g/mol. The fourth-order valence-electron chi connectivity index (χ4n) is 3.96. The molecule has 0 fully saturated rings. The summed E-state index contributed by atoms with van der Waals surface area (Å²) in [5.41, 5.74) is 4.09. The Morgan fingerprint density at radius 1 is 1.29 bits per heavy atom. The van der Waals surface area contributed by atoms with E-state index in [1.54, 1.807) is 18.2 Å². The summed E-state index contributed by atoms with van der Waals surface area (Å²) in [4.78, 5) is 0. The third-order valence-electron chi connectivity index (χ3n) is 5.30. The van der Waals surface area contributed by atoms with E-state index in [1.807, 2.05) is 23.0 Å².